The van der Waals surface area contributed by atoms with Crippen LogP contribution in [0, 0.1) is 0 Å². The monoisotopic (exact) mass is 316 g/mol. The smallest absolute Gasteiger partial charge is 0.422 e. The van der Waals surface area contributed by atoms with Gasteiger partial charge in [-0.15, -0.1) is 0 Å². The Morgan fingerprint density at radius 2 is 1.50 bits per heavy atom. The van der Waals surface area contributed by atoms with Crippen molar-refractivity contribution in [3.05, 3.63) is 65.9 Å². The molecule has 0 fully saturated rings. The van der Waals surface area contributed by atoms with Gasteiger partial charge in [0.1, 0.15) is 0 Å². The normalized spacial score (nSPS) is 14.2. The van der Waals surface area contributed by atoms with Crippen LogP contribution in [0.4, 0.5) is 0 Å². The van der Waals surface area contributed by atoms with Gasteiger partial charge < -0.3 is 10.0 Å². The van der Waals surface area contributed by atoms with Crippen molar-refractivity contribution >= 4 is 12.7 Å². The van der Waals surface area contributed by atoms with Gasteiger partial charge in [0.2, 0.25) is 0 Å². The molecule has 1 aliphatic carbocycles. The average molecular weight is 316 g/mol. The molecule has 0 aliphatic heterocycles. The Morgan fingerprint density at radius 1 is 0.833 bits per heavy atom. The topological polar surface area (TPSA) is 66.2 Å². The third-order valence-electron chi connectivity index (χ3n) is 4.66. The molecular formula is C19H17BN2O2. The SMILES string of the molecule is CC1(C)c2ccccc2-c2nc(-c3ccccc3)c(B(O)O)nc21. The van der Waals surface area contributed by atoms with E-state index in [0.717, 1.165) is 28.1 Å². The molecule has 118 valence electrons. The molecular weight excluding hydrogens is 299 g/mol. The molecule has 3 aromatic rings. The first-order valence-electron chi connectivity index (χ1n) is 7.94. The van der Waals surface area contributed by atoms with E-state index in [9.17, 15) is 10.0 Å². The summed E-state index contributed by atoms with van der Waals surface area (Å²) in [6.45, 7) is 4.17. The summed E-state index contributed by atoms with van der Waals surface area (Å²) >= 11 is 0. The molecule has 0 saturated carbocycles. The van der Waals surface area contributed by atoms with Crippen molar-refractivity contribution in [3.8, 4) is 22.5 Å². The molecule has 0 unspecified atom stereocenters. The number of fused-ring (bicyclic) bond motifs is 3. The molecule has 1 aromatic heterocycles. The van der Waals surface area contributed by atoms with Gasteiger partial charge in [-0.3, -0.25) is 4.98 Å². The molecule has 0 spiro atoms. The summed E-state index contributed by atoms with van der Waals surface area (Å²) in [7, 11) is -1.67. The zero-order valence-corrected chi connectivity index (χ0v) is 13.6. The highest BCUT2D eigenvalue weighted by Crippen LogP contribution is 2.46. The van der Waals surface area contributed by atoms with Crippen molar-refractivity contribution in [3.63, 3.8) is 0 Å². The summed E-state index contributed by atoms with van der Waals surface area (Å²) in [5, 5.41) is 19.7. The number of hydrogen-bond donors (Lipinski definition) is 2. The lowest BCUT2D eigenvalue weighted by atomic mass is 9.80. The number of aromatic nitrogens is 2. The minimum Gasteiger partial charge on any atom is -0.422 e. The number of nitrogens with zero attached hydrogens (tertiary/aromatic N) is 2. The van der Waals surface area contributed by atoms with Crippen molar-refractivity contribution < 1.29 is 10.0 Å². The van der Waals surface area contributed by atoms with Crippen LogP contribution < -0.4 is 5.59 Å². The van der Waals surface area contributed by atoms with Crippen LogP contribution in [-0.2, 0) is 5.41 Å². The summed E-state index contributed by atoms with van der Waals surface area (Å²) in [5.74, 6) is 0. The van der Waals surface area contributed by atoms with E-state index in [1.165, 1.54) is 0 Å². The number of rotatable bonds is 2. The van der Waals surface area contributed by atoms with Gasteiger partial charge in [0, 0.05) is 16.5 Å². The van der Waals surface area contributed by atoms with Crippen LogP contribution in [0.2, 0.25) is 0 Å². The highest BCUT2D eigenvalue weighted by Gasteiger charge is 2.39. The highest BCUT2D eigenvalue weighted by atomic mass is 16.4. The minimum absolute atomic E-state index is 0.195. The van der Waals surface area contributed by atoms with Crippen molar-refractivity contribution in [2.75, 3.05) is 0 Å². The van der Waals surface area contributed by atoms with E-state index in [1.54, 1.807) is 0 Å². The summed E-state index contributed by atoms with van der Waals surface area (Å²) in [6.07, 6.45) is 0. The molecule has 0 atom stereocenters. The first-order chi connectivity index (χ1) is 11.5. The molecule has 4 nitrogen and oxygen atoms in total. The zero-order valence-electron chi connectivity index (χ0n) is 13.6. The van der Waals surface area contributed by atoms with Crippen LogP contribution in [0.3, 0.4) is 0 Å². The number of hydrogen-bond acceptors (Lipinski definition) is 4. The summed E-state index contributed by atoms with van der Waals surface area (Å²) in [6, 6.07) is 17.6. The standard InChI is InChI=1S/C19H17BN2O2/c1-19(2)14-11-7-6-10-13(14)16-17(19)22-18(20(23)24)15(21-16)12-8-4-3-5-9-12/h3-11,23-24H,1-2H3. The van der Waals surface area contributed by atoms with Crippen molar-refractivity contribution in [2.45, 2.75) is 19.3 Å². The second kappa shape index (κ2) is 5.26. The van der Waals surface area contributed by atoms with Gasteiger partial charge in [-0.05, 0) is 5.56 Å². The molecule has 1 heterocycles. The van der Waals surface area contributed by atoms with Crippen LogP contribution in [0.5, 0.6) is 0 Å². The predicted molar refractivity (Wildman–Crippen MR) is 94.9 cm³/mol. The quantitative estimate of drug-likeness (QED) is 0.711. The van der Waals surface area contributed by atoms with Gasteiger partial charge in [-0.25, -0.2) is 4.98 Å². The summed E-state index contributed by atoms with van der Waals surface area (Å²) in [4.78, 5) is 9.43. The maximum Gasteiger partial charge on any atom is 0.510 e. The Balaban J connectivity index is 2.04. The van der Waals surface area contributed by atoms with Crippen LogP contribution in [0.15, 0.2) is 54.6 Å². The second-order valence-corrected chi connectivity index (χ2v) is 6.56. The molecule has 0 amide bonds. The van der Waals surface area contributed by atoms with E-state index in [-0.39, 0.29) is 11.0 Å². The van der Waals surface area contributed by atoms with Gasteiger partial charge >= 0.3 is 7.12 Å². The van der Waals surface area contributed by atoms with Gasteiger partial charge in [-0.1, -0.05) is 68.4 Å². The Kier molecular flexibility index (Phi) is 3.30. The van der Waals surface area contributed by atoms with Crippen LogP contribution in [-0.4, -0.2) is 27.1 Å². The van der Waals surface area contributed by atoms with Crippen molar-refractivity contribution in [1.82, 2.24) is 9.97 Å². The minimum atomic E-state index is -1.67. The maximum absolute atomic E-state index is 9.84. The van der Waals surface area contributed by atoms with E-state index in [2.05, 4.69) is 24.9 Å². The van der Waals surface area contributed by atoms with E-state index < -0.39 is 7.12 Å². The summed E-state index contributed by atoms with van der Waals surface area (Å²) < 4.78 is 0. The van der Waals surface area contributed by atoms with Crippen molar-refractivity contribution in [2.24, 2.45) is 0 Å². The van der Waals surface area contributed by atoms with Crippen LogP contribution >= 0.6 is 0 Å². The van der Waals surface area contributed by atoms with E-state index in [0.29, 0.717) is 5.69 Å². The third kappa shape index (κ3) is 2.09. The molecule has 0 saturated heterocycles. The molecule has 2 N–H and O–H groups in total. The van der Waals surface area contributed by atoms with Gasteiger partial charge in [-0.2, -0.15) is 0 Å². The first-order valence-corrected chi connectivity index (χ1v) is 7.94. The second-order valence-electron chi connectivity index (χ2n) is 6.56. The lowest BCUT2D eigenvalue weighted by molar-refractivity contribution is 0.424. The fraction of sp³-hybridized carbons (Fsp3) is 0.158. The lowest BCUT2D eigenvalue weighted by Crippen LogP contribution is -2.37. The highest BCUT2D eigenvalue weighted by molar-refractivity contribution is 6.59. The molecule has 2 aromatic carbocycles. The van der Waals surface area contributed by atoms with Gasteiger partial charge in [0.25, 0.3) is 0 Å². The summed E-state index contributed by atoms with van der Waals surface area (Å²) in [5.41, 5.74) is 5.02. The molecule has 1 aliphatic rings. The Bertz CT molecular complexity index is 923. The Hall–Kier alpha value is -2.50. The van der Waals surface area contributed by atoms with Crippen LogP contribution in [0.1, 0.15) is 25.1 Å². The lowest BCUT2D eigenvalue weighted by Gasteiger charge is -2.21. The van der Waals surface area contributed by atoms with Crippen LogP contribution in [0.25, 0.3) is 22.5 Å². The Labute approximate surface area is 141 Å². The van der Waals surface area contributed by atoms with E-state index in [4.69, 9.17) is 4.98 Å². The van der Waals surface area contributed by atoms with Gasteiger partial charge in [0.05, 0.1) is 22.7 Å². The largest absolute Gasteiger partial charge is 0.510 e. The van der Waals surface area contributed by atoms with Gasteiger partial charge in [0.15, 0.2) is 0 Å². The molecule has 24 heavy (non-hydrogen) atoms. The predicted octanol–water partition coefficient (Wildman–Crippen LogP) is 2.13. The molecule has 0 bridgehead atoms. The molecule has 5 heteroatoms. The number of benzene rings is 2. The fourth-order valence-electron chi connectivity index (χ4n) is 3.42. The molecule has 4 rings (SSSR count). The molecule has 0 radical (unpaired) electrons. The van der Waals surface area contributed by atoms with E-state index in [1.807, 2.05) is 48.5 Å². The zero-order chi connectivity index (χ0) is 16.9. The van der Waals surface area contributed by atoms with Crippen molar-refractivity contribution in [1.29, 1.82) is 0 Å². The Morgan fingerprint density at radius 3 is 2.21 bits per heavy atom. The van der Waals surface area contributed by atoms with E-state index >= 15 is 0 Å². The maximum atomic E-state index is 9.84. The first kappa shape index (κ1) is 15.1. The fourth-order valence-corrected chi connectivity index (χ4v) is 3.42. The third-order valence-corrected chi connectivity index (χ3v) is 4.66. The average Bonchev–Trinajstić information content (AvgIpc) is 2.82.